The summed E-state index contributed by atoms with van der Waals surface area (Å²) in [5.41, 5.74) is 0.277. The predicted octanol–water partition coefficient (Wildman–Crippen LogP) is 3.48. The molecule has 27 heavy (non-hydrogen) atoms. The number of nitrogens with zero attached hydrogens (tertiary/aromatic N) is 1. The molecule has 1 saturated carbocycles. The lowest BCUT2D eigenvalue weighted by Crippen LogP contribution is -2.61. The zero-order chi connectivity index (χ0) is 19.4. The SMILES string of the molecule is Cc1ccc(C(F)(F)CC2CN(C(=O)[C@H]3C[C@]4(COC(=O)N4)C3)C2)cc1Cl. The fourth-order valence-corrected chi connectivity index (χ4v) is 4.39. The molecule has 2 heterocycles. The monoisotopic (exact) mass is 398 g/mol. The van der Waals surface area contributed by atoms with Crippen LogP contribution in [-0.4, -0.2) is 42.1 Å². The van der Waals surface area contributed by atoms with E-state index in [2.05, 4.69) is 5.32 Å². The average molecular weight is 399 g/mol. The molecule has 0 radical (unpaired) electrons. The van der Waals surface area contributed by atoms with E-state index in [1.54, 1.807) is 17.9 Å². The van der Waals surface area contributed by atoms with E-state index in [9.17, 15) is 18.4 Å². The summed E-state index contributed by atoms with van der Waals surface area (Å²) in [5.74, 6) is -3.37. The minimum Gasteiger partial charge on any atom is -0.447 e. The second-order valence-corrected chi connectivity index (χ2v) is 8.48. The summed E-state index contributed by atoms with van der Waals surface area (Å²) in [4.78, 5) is 25.3. The van der Waals surface area contributed by atoms with Crippen molar-refractivity contribution in [3.8, 4) is 0 Å². The first kappa shape index (κ1) is 18.5. The van der Waals surface area contributed by atoms with Crippen LogP contribution in [0.1, 0.15) is 30.4 Å². The largest absolute Gasteiger partial charge is 0.447 e. The van der Waals surface area contributed by atoms with Gasteiger partial charge in [-0.05, 0) is 31.4 Å². The molecular weight excluding hydrogens is 378 g/mol. The van der Waals surface area contributed by atoms with E-state index >= 15 is 0 Å². The van der Waals surface area contributed by atoms with E-state index in [-0.39, 0.29) is 29.7 Å². The van der Waals surface area contributed by atoms with Crippen molar-refractivity contribution in [3.05, 3.63) is 34.3 Å². The highest BCUT2D eigenvalue weighted by atomic mass is 35.5. The zero-order valence-electron chi connectivity index (χ0n) is 14.9. The molecule has 1 N–H and O–H groups in total. The number of likely N-dealkylation sites (tertiary alicyclic amines) is 1. The number of hydrogen-bond donors (Lipinski definition) is 1. The Bertz CT molecular complexity index is 789. The van der Waals surface area contributed by atoms with Gasteiger partial charge in [0, 0.05) is 41.9 Å². The zero-order valence-corrected chi connectivity index (χ0v) is 15.7. The van der Waals surface area contributed by atoms with Gasteiger partial charge in [-0.2, -0.15) is 0 Å². The smallest absolute Gasteiger partial charge is 0.407 e. The number of aryl methyl sites for hydroxylation is 1. The molecule has 1 spiro atoms. The fraction of sp³-hybridized carbons (Fsp3) is 0.579. The Morgan fingerprint density at radius 3 is 2.70 bits per heavy atom. The highest BCUT2D eigenvalue weighted by Crippen LogP contribution is 2.44. The maximum Gasteiger partial charge on any atom is 0.407 e. The molecular formula is C19H21ClF2N2O3. The standard InChI is InChI=1S/C19H21ClF2N2O3/c1-11-2-3-14(4-15(11)20)19(21,22)5-12-8-24(9-12)16(25)13-6-18(7-13)10-27-17(26)23-18/h2-4,12-13H,5-10H2,1H3,(H,23,26)/t13-,18+. The van der Waals surface area contributed by atoms with Gasteiger partial charge in [-0.15, -0.1) is 0 Å². The molecule has 8 heteroatoms. The second kappa shape index (κ2) is 6.33. The second-order valence-electron chi connectivity index (χ2n) is 8.07. The lowest BCUT2D eigenvalue weighted by molar-refractivity contribution is -0.150. The number of carbonyl (C=O) groups is 2. The lowest BCUT2D eigenvalue weighted by atomic mass is 9.68. The van der Waals surface area contributed by atoms with E-state index in [0.29, 0.717) is 37.6 Å². The van der Waals surface area contributed by atoms with Gasteiger partial charge >= 0.3 is 6.09 Å². The van der Waals surface area contributed by atoms with Gasteiger partial charge in [0.25, 0.3) is 5.92 Å². The van der Waals surface area contributed by atoms with E-state index in [0.717, 1.165) is 5.56 Å². The fourth-order valence-electron chi connectivity index (χ4n) is 4.21. The maximum atomic E-state index is 14.5. The number of carbonyl (C=O) groups excluding carboxylic acids is 2. The number of rotatable bonds is 4. The van der Waals surface area contributed by atoms with Crippen molar-refractivity contribution < 1.29 is 23.1 Å². The Morgan fingerprint density at radius 2 is 2.11 bits per heavy atom. The van der Waals surface area contributed by atoms with Gasteiger partial charge in [-0.25, -0.2) is 13.6 Å². The van der Waals surface area contributed by atoms with Crippen LogP contribution < -0.4 is 5.32 Å². The number of cyclic esters (lactones) is 1. The predicted molar refractivity (Wildman–Crippen MR) is 94.7 cm³/mol. The van der Waals surface area contributed by atoms with Crippen LogP contribution in [0.3, 0.4) is 0 Å². The molecule has 0 aromatic heterocycles. The van der Waals surface area contributed by atoms with Crippen LogP contribution in [0.4, 0.5) is 13.6 Å². The van der Waals surface area contributed by atoms with Crippen molar-refractivity contribution in [3.63, 3.8) is 0 Å². The Kier molecular flexibility index (Phi) is 4.33. The summed E-state index contributed by atoms with van der Waals surface area (Å²) in [7, 11) is 0. The summed E-state index contributed by atoms with van der Waals surface area (Å²) in [6.07, 6.45) is 0.366. The average Bonchev–Trinajstić information content (AvgIpc) is 2.93. The van der Waals surface area contributed by atoms with Crippen LogP contribution in [0, 0.1) is 18.8 Å². The van der Waals surface area contributed by atoms with Crippen LogP contribution in [0.25, 0.3) is 0 Å². The number of nitrogens with one attached hydrogen (secondary N) is 1. The van der Waals surface area contributed by atoms with Crippen molar-refractivity contribution >= 4 is 23.6 Å². The summed E-state index contributed by atoms with van der Waals surface area (Å²) in [5, 5.41) is 3.08. The van der Waals surface area contributed by atoms with Gasteiger partial charge in [0.1, 0.15) is 6.61 Å². The molecule has 3 fully saturated rings. The minimum atomic E-state index is -2.97. The summed E-state index contributed by atoms with van der Waals surface area (Å²) in [6, 6.07) is 4.33. The van der Waals surface area contributed by atoms with Crippen molar-refractivity contribution in [2.75, 3.05) is 19.7 Å². The van der Waals surface area contributed by atoms with Crippen LogP contribution in [0.2, 0.25) is 5.02 Å². The van der Waals surface area contributed by atoms with E-state index in [1.165, 1.54) is 12.1 Å². The van der Waals surface area contributed by atoms with E-state index in [1.807, 2.05) is 0 Å². The first-order valence-corrected chi connectivity index (χ1v) is 9.43. The molecule has 5 nitrogen and oxygen atoms in total. The number of alkyl halides is 2. The number of halogens is 3. The van der Waals surface area contributed by atoms with Gasteiger partial charge < -0.3 is 15.0 Å². The van der Waals surface area contributed by atoms with Gasteiger partial charge in [0.2, 0.25) is 5.91 Å². The van der Waals surface area contributed by atoms with Crippen molar-refractivity contribution in [1.82, 2.24) is 10.2 Å². The maximum absolute atomic E-state index is 14.5. The molecule has 2 amide bonds. The highest BCUT2D eigenvalue weighted by Gasteiger charge is 2.54. The first-order valence-electron chi connectivity index (χ1n) is 9.06. The minimum absolute atomic E-state index is 0.0141. The van der Waals surface area contributed by atoms with Crippen molar-refractivity contribution in [1.29, 1.82) is 0 Å². The van der Waals surface area contributed by atoms with Gasteiger partial charge in [-0.3, -0.25) is 4.79 Å². The lowest BCUT2D eigenvalue weighted by Gasteiger charge is -2.48. The van der Waals surface area contributed by atoms with Gasteiger partial charge in [0.15, 0.2) is 0 Å². The van der Waals surface area contributed by atoms with Crippen molar-refractivity contribution in [2.45, 2.75) is 37.6 Å². The quantitative estimate of drug-likeness (QED) is 0.844. The Hall–Kier alpha value is -1.89. The molecule has 4 rings (SSSR count). The third-order valence-electron chi connectivity index (χ3n) is 5.88. The molecule has 2 aliphatic heterocycles. The molecule has 1 aromatic rings. The number of ether oxygens (including phenoxy) is 1. The topological polar surface area (TPSA) is 58.6 Å². The molecule has 146 valence electrons. The van der Waals surface area contributed by atoms with Crippen LogP contribution in [0.15, 0.2) is 18.2 Å². The molecule has 0 atom stereocenters. The Balaban J connectivity index is 1.27. The van der Waals surface area contributed by atoms with Crippen molar-refractivity contribution in [2.24, 2.45) is 11.8 Å². The molecule has 1 aromatic carbocycles. The summed E-state index contributed by atoms with van der Waals surface area (Å²) in [6.45, 7) is 2.76. The van der Waals surface area contributed by atoms with Crippen LogP contribution >= 0.6 is 11.6 Å². The molecule has 0 unspecified atom stereocenters. The molecule has 2 saturated heterocycles. The van der Waals surface area contributed by atoms with Gasteiger partial charge in [-0.1, -0.05) is 23.7 Å². The van der Waals surface area contributed by atoms with Crippen LogP contribution in [0.5, 0.6) is 0 Å². The van der Waals surface area contributed by atoms with Crippen LogP contribution in [-0.2, 0) is 15.5 Å². The first-order chi connectivity index (χ1) is 12.7. The third-order valence-corrected chi connectivity index (χ3v) is 6.29. The Morgan fingerprint density at radius 1 is 1.41 bits per heavy atom. The number of alkyl carbamates (subject to hydrolysis) is 1. The molecule has 0 bridgehead atoms. The highest BCUT2D eigenvalue weighted by molar-refractivity contribution is 6.31. The third kappa shape index (κ3) is 3.37. The summed E-state index contributed by atoms with van der Waals surface area (Å²) < 4.78 is 33.9. The number of benzene rings is 1. The number of amides is 2. The Labute approximate surface area is 161 Å². The van der Waals surface area contributed by atoms with Gasteiger partial charge in [0.05, 0.1) is 5.54 Å². The molecule has 1 aliphatic carbocycles. The molecule has 3 aliphatic rings. The normalized spacial score (nSPS) is 27.8. The summed E-state index contributed by atoms with van der Waals surface area (Å²) >= 11 is 5.97. The number of hydrogen-bond acceptors (Lipinski definition) is 3. The van der Waals surface area contributed by atoms with E-state index < -0.39 is 17.6 Å². The van der Waals surface area contributed by atoms with E-state index in [4.69, 9.17) is 16.3 Å².